The second-order valence-electron chi connectivity index (χ2n) is 4.96. The number of hydrogen-bond donors (Lipinski definition) is 1. The molecule has 5 nitrogen and oxygen atoms in total. The van der Waals surface area contributed by atoms with Crippen LogP contribution in [0.5, 0.6) is 0 Å². The zero-order chi connectivity index (χ0) is 12.5. The van der Waals surface area contributed by atoms with Crippen molar-refractivity contribution in [3.63, 3.8) is 0 Å². The van der Waals surface area contributed by atoms with Crippen LogP contribution in [0.15, 0.2) is 0 Å². The molecule has 0 radical (unpaired) electrons. The Morgan fingerprint density at radius 1 is 1.29 bits per heavy atom. The van der Waals surface area contributed by atoms with Gasteiger partial charge in [-0.1, -0.05) is 0 Å². The number of hydrogen-bond acceptors (Lipinski definition) is 3. The summed E-state index contributed by atoms with van der Waals surface area (Å²) in [7, 11) is 0. The summed E-state index contributed by atoms with van der Waals surface area (Å²) in [4.78, 5) is 25.2. The Labute approximate surface area is 101 Å². The molecule has 0 aromatic rings. The summed E-state index contributed by atoms with van der Waals surface area (Å²) in [6.07, 6.45) is 4.57. The first kappa shape index (κ1) is 11.9. The number of nitriles is 1. The molecule has 1 unspecified atom stereocenters. The summed E-state index contributed by atoms with van der Waals surface area (Å²) >= 11 is 0. The van der Waals surface area contributed by atoms with Crippen molar-refractivity contribution in [3.8, 4) is 6.07 Å². The van der Waals surface area contributed by atoms with Crippen LogP contribution in [0.1, 0.15) is 38.5 Å². The highest BCUT2D eigenvalue weighted by molar-refractivity contribution is 5.91. The lowest BCUT2D eigenvalue weighted by molar-refractivity contribution is -0.150. The number of primary amides is 1. The highest BCUT2D eigenvalue weighted by Crippen LogP contribution is 2.42. The zero-order valence-electron chi connectivity index (χ0n) is 9.82. The second-order valence-corrected chi connectivity index (χ2v) is 4.96. The fourth-order valence-corrected chi connectivity index (χ4v) is 2.65. The van der Waals surface area contributed by atoms with Gasteiger partial charge in [0.05, 0.1) is 6.07 Å². The van der Waals surface area contributed by atoms with Crippen LogP contribution in [0.2, 0.25) is 0 Å². The normalized spacial score (nSPS) is 26.8. The predicted molar refractivity (Wildman–Crippen MR) is 60.4 cm³/mol. The Balaban J connectivity index is 2.17. The second kappa shape index (κ2) is 4.36. The molecule has 0 bridgehead atoms. The number of amides is 2. The van der Waals surface area contributed by atoms with Gasteiger partial charge in [0, 0.05) is 6.54 Å². The lowest BCUT2D eigenvalue weighted by Gasteiger charge is -2.42. The van der Waals surface area contributed by atoms with E-state index in [4.69, 9.17) is 11.0 Å². The van der Waals surface area contributed by atoms with Crippen molar-refractivity contribution in [1.29, 1.82) is 5.26 Å². The maximum Gasteiger partial charge on any atom is 0.243 e. The first-order valence-corrected chi connectivity index (χ1v) is 6.12. The molecule has 1 aliphatic heterocycles. The van der Waals surface area contributed by atoms with Crippen LogP contribution < -0.4 is 5.73 Å². The summed E-state index contributed by atoms with van der Waals surface area (Å²) in [5, 5.41) is 9.15. The minimum atomic E-state index is -0.870. The molecule has 5 heteroatoms. The van der Waals surface area contributed by atoms with Crippen molar-refractivity contribution in [2.75, 3.05) is 6.54 Å². The Bertz CT molecular complexity index is 382. The summed E-state index contributed by atoms with van der Waals surface area (Å²) in [6.45, 7) is 0.551. The first-order valence-electron chi connectivity index (χ1n) is 6.12. The molecule has 0 spiro atoms. The van der Waals surface area contributed by atoms with E-state index in [1.54, 1.807) is 0 Å². The molecule has 1 atom stereocenters. The summed E-state index contributed by atoms with van der Waals surface area (Å²) in [6, 6.07) is 1.62. The Morgan fingerprint density at radius 2 is 2.00 bits per heavy atom. The summed E-state index contributed by atoms with van der Waals surface area (Å²) < 4.78 is 0. The fraction of sp³-hybridized carbons (Fsp3) is 0.750. The van der Waals surface area contributed by atoms with E-state index in [1.165, 1.54) is 4.90 Å². The van der Waals surface area contributed by atoms with Gasteiger partial charge < -0.3 is 10.6 Å². The van der Waals surface area contributed by atoms with Crippen LogP contribution >= 0.6 is 0 Å². The lowest BCUT2D eigenvalue weighted by Crippen LogP contribution is -2.56. The van der Waals surface area contributed by atoms with Gasteiger partial charge in [-0.25, -0.2) is 0 Å². The van der Waals surface area contributed by atoms with Gasteiger partial charge in [0.1, 0.15) is 11.5 Å². The van der Waals surface area contributed by atoms with Gasteiger partial charge in [0.25, 0.3) is 0 Å². The van der Waals surface area contributed by atoms with Gasteiger partial charge in [-0.2, -0.15) is 5.26 Å². The summed E-state index contributed by atoms with van der Waals surface area (Å²) in [5.74, 6) is -0.639. The average molecular weight is 235 g/mol. The van der Waals surface area contributed by atoms with Gasteiger partial charge in [-0.3, -0.25) is 9.59 Å². The fourth-order valence-electron chi connectivity index (χ4n) is 2.65. The zero-order valence-corrected chi connectivity index (χ0v) is 9.82. The Hall–Kier alpha value is -1.57. The van der Waals surface area contributed by atoms with E-state index in [0.717, 1.165) is 19.3 Å². The third kappa shape index (κ3) is 1.88. The maximum absolute atomic E-state index is 12.3. The van der Waals surface area contributed by atoms with Crippen molar-refractivity contribution in [2.45, 2.75) is 44.6 Å². The van der Waals surface area contributed by atoms with Crippen LogP contribution in [-0.4, -0.2) is 29.3 Å². The molecule has 1 saturated heterocycles. The highest BCUT2D eigenvalue weighted by atomic mass is 16.2. The SMILES string of the molecule is N#CC1(C(=O)N2CCCCC2C(N)=O)CCC1. The number of likely N-dealkylation sites (tertiary alicyclic amines) is 1. The van der Waals surface area contributed by atoms with E-state index in [2.05, 4.69) is 6.07 Å². The quantitative estimate of drug-likeness (QED) is 0.758. The van der Waals surface area contributed by atoms with Gasteiger partial charge in [0.2, 0.25) is 11.8 Å². The molecule has 0 aromatic carbocycles. The molecular weight excluding hydrogens is 218 g/mol. The molecule has 92 valence electrons. The number of piperidine rings is 1. The van der Waals surface area contributed by atoms with Crippen molar-refractivity contribution in [2.24, 2.45) is 11.1 Å². The molecule has 1 aliphatic carbocycles. The molecule has 2 rings (SSSR count). The van der Waals surface area contributed by atoms with Crippen LogP contribution in [-0.2, 0) is 9.59 Å². The average Bonchev–Trinajstić information content (AvgIpc) is 2.28. The smallest absolute Gasteiger partial charge is 0.243 e. The number of carbonyl (C=O) groups excluding carboxylic acids is 2. The van der Waals surface area contributed by atoms with E-state index >= 15 is 0 Å². The molecule has 0 aromatic heterocycles. The molecule has 2 aliphatic rings. The Kier molecular flexibility index (Phi) is 3.05. The highest BCUT2D eigenvalue weighted by Gasteiger charge is 2.49. The van der Waals surface area contributed by atoms with Crippen molar-refractivity contribution < 1.29 is 9.59 Å². The van der Waals surface area contributed by atoms with E-state index in [0.29, 0.717) is 25.8 Å². The number of nitrogens with zero attached hydrogens (tertiary/aromatic N) is 2. The molecule has 2 fully saturated rings. The van der Waals surface area contributed by atoms with Crippen LogP contribution in [0.3, 0.4) is 0 Å². The third-order valence-electron chi connectivity index (χ3n) is 3.92. The minimum absolute atomic E-state index is 0.185. The molecule has 2 amide bonds. The van der Waals surface area contributed by atoms with Gasteiger partial charge in [0.15, 0.2) is 0 Å². The van der Waals surface area contributed by atoms with E-state index in [9.17, 15) is 9.59 Å². The van der Waals surface area contributed by atoms with Crippen LogP contribution in [0.25, 0.3) is 0 Å². The number of carbonyl (C=O) groups is 2. The van der Waals surface area contributed by atoms with E-state index < -0.39 is 17.4 Å². The topological polar surface area (TPSA) is 87.2 Å². The van der Waals surface area contributed by atoms with Crippen molar-refractivity contribution >= 4 is 11.8 Å². The van der Waals surface area contributed by atoms with Crippen molar-refractivity contribution in [3.05, 3.63) is 0 Å². The number of nitrogens with two attached hydrogens (primary N) is 1. The standard InChI is InChI=1S/C12H17N3O2/c13-8-12(5-3-6-12)11(17)15-7-2-1-4-9(15)10(14)16/h9H,1-7H2,(H2,14,16). The van der Waals surface area contributed by atoms with E-state index in [-0.39, 0.29) is 5.91 Å². The third-order valence-corrected chi connectivity index (χ3v) is 3.92. The predicted octanol–water partition coefficient (Wildman–Crippen LogP) is 0.547. The summed E-state index contributed by atoms with van der Waals surface area (Å²) in [5.41, 5.74) is 4.45. The van der Waals surface area contributed by atoms with Gasteiger partial charge in [-0.05, 0) is 38.5 Å². The Morgan fingerprint density at radius 3 is 2.47 bits per heavy atom. The van der Waals surface area contributed by atoms with Crippen LogP contribution in [0.4, 0.5) is 0 Å². The largest absolute Gasteiger partial charge is 0.368 e. The number of rotatable bonds is 2. The molecule has 1 heterocycles. The van der Waals surface area contributed by atoms with Crippen LogP contribution in [0, 0.1) is 16.7 Å². The monoisotopic (exact) mass is 235 g/mol. The minimum Gasteiger partial charge on any atom is -0.368 e. The molecule has 1 saturated carbocycles. The van der Waals surface area contributed by atoms with Gasteiger partial charge in [-0.15, -0.1) is 0 Å². The molecule has 2 N–H and O–H groups in total. The van der Waals surface area contributed by atoms with E-state index in [1.807, 2.05) is 0 Å². The maximum atomic E-state index is 12.3. The van der Waals surface area contributed by atoms with Crippen molar-refractivity contribution in [1.82, 2.24) is 4.90 Å². The van der Waals surface area contributed by atoms with Gasteiger partial charge >= 0.3 is 0 Å². The first-order chi connectivity index (χ1) is 8.10. The molecular formula is C12H17N3O2. The molecule has 17 heavy (non-hydrogen) atoms. The lowest BCUT2D eigenvalue weighted by atomic mass is 9.68.